The standard InChI is InChI=1S/C12H12F2N2/c13-12(14)7-9(3-6-11(12)16)8-1-4-10(15)5-2-8/h1-6H,7,15-16H2. The molecule has 84 valence electrons. The number of anilines is 1. The Morgan fingerprint density at radius 3 is 2.19 bits per heavy atom. The van der Waals surface area contributed by atoms with Crippen LogP contribution in [0.2, 0.25) is 0 Å². The lowest BCUT2D eigenvalue weighted by Gasteiger charge is -2.22. The van der Waals surface area contributed by atoms with E-state index in [9.17, 15) is 8.78 Å². The topological polar surface area (TPSA) is 52.0 Å². The van der Waals surface area contributed by atoms with Crippen molar-refractivity contribution in [1.82, 2.24) is 0 Å². The number of benzene rings is 1. The Balaban J connectivity index is 2.34. The van der Waals surface area contributed by atoms with Gasteiger partial charge in [-0.15, -0.1) is 0 Å². The van der Waals surface area contributed by atoms with Crippen LogP contribution in [0, 0.1) is 0 Å². The molecule has 0 aliphatic heterocycles. The SMILES string of the molecule is NC1=CC=C(c2ccc(N)cc2)CC1(F)F. The average Bonchev–Trinajstić information content (AvgIpc) is 2.23. The first-order chi connectivity index (χ1) is 7.49. The molecule has 2 rings (SSSR count). The summed E-state index contributed by atoms with van der Waals surface area (Å²) in [6, 6.07) is 6.84. The second-order valence-electron chi connectivity index (χ2n) is 3.82. The van der Waals surface area contributed by atoms with E-state index in [0.29, 0.717) is 11.3 Å². The molecule has 1 aliphatic rings. The van der Waals surface area contributed by atoms with Crippen LogP contribution in [-0.4, -0.2) is 5.92 Å². The van der Waals surface area contributed by atoms with E-state index in [1.807, 2.05) is 0 Å². The molecule has 0 radical (unpaired) electrons. The minimum Gasteiger partial charge on any atom is -0.399 e. The zero-order chi connectivity index (χ0) is 11.8. The number of hydrogen-bond donors (Lipinski definition) is 2. The molecule has 0 saturated carbocycles. The summed E-state index contributed by atoms with van der Waals surface area (Å²) in [4.78, 5) is 0. The molecule has 0 saturated heterocycles. The van der Waals surface area contributed by atoms with E-state index < -0.39 is 5.92 Å². The molecule has 1 aromatic carbocycles. The van der Waals surface area contributed by atoms with Gasteiger partial charge in [-0.1, -0.05) is 18.2 Å². The fourth-order valence-corrected chi connectivity index (χ4v) is 1.61. The summed E-state index contributed by atoms with van der Waals surface area (Å²) in [5.41, 5.74) is 12.3. The molecule has 0 fully saturated rings. The number of nitrogens with two attached hydrogens (primary N) is 2. The Bertz CT molecular complexity index is 458. The number of halogens is 2. The van der Waals surface area contributed by atoms with E-state index in [2.05, 4.69) is 0 Å². The molecule has 0 amide bonds. The molecule has 0 atom stereocenters. The van der Waals surface area contributed by atoms with Crippen molar-refractivity contribution < 1.29 is 8.78 Å². The highest BCUT2D eigenvalue weighted by Gasteiger charge is 2.35. The first-order valence-corrected chi connectivity index (χ1v) is 4.89. The third-order valence-corrected chi connectivity index (χ3v) is 2.58. The highest BCUT2D eigenvalue weighted by Crippen LogP contribution is 2.36. The molecule has 1 aliphatic carbocycles. The fraction of sp³-hybridized carbons (Fsp3) is 0.167. The van der Waals surface area contributed by atoms with Crippen LogP contribution in [0.4, 0.5) is 14.5 Å². The van der Waals surface area contributed by atoms with Crippen LogP contribution in [0.5, 0.6) is 0 Å². The molecule has 0 aromatic heterocycles. The largest absolute Gasteiger partial charge is 0.399 e. The van der Waals surface area contributed by atoms with Crippen LogP contribution in [-0.2, 0) is 0 Å². The van der Waals surface area contributed by atoms with Gasteiger partial charge in [0.15, 0.2) is 0 Å². The molecule has 16 heavy (non-hydrogen) atoms. The molecule has 0 bridgehead atoms. The molecule has 0 spiro atoms. The second-order valence-corrected chi connectivity index (χ2v) is 3.82. The minimum absolute atomic E-state index is 0.362. The van der Waals surface area contributed by atoms with Gasteiger partial charge in [0.25, 0.3) is 5.92 Å². The van der Waals surface area contributed by atoms with E-state index in [4.69, 9.17) is 11.5 Å². The molecule has 2 nitrogen and oxygen atoms in total. The van der Waals surface area contributed by atoms with Gasteiger partial charge >= 0.3 is 0 Å². The maximum atomic E-state index is 13.4. The summed E-state index contributed by atoms with van der Waals surface area (Å²) in [6.45, 7) is 0. The quantitative estimate of drug-likeness (QED) is 0.717. The summed E-state index contributed by atoms with van der Waals surface area (Å²) in [6.07, 6.45) is 2.52. The molecule has 1 aromatic rings. The Labute approximate surface area is 92.2 Å². The monoisotopic (exact) mass is 222 g/mol. The summed E-state index contributed by atoms with van der Waals surface area (Å²) in [5, 5.41) is 0. The second kappa shape index (κ2) is 3.63. The van der Waals surface area contributed by atoms with Crippen LogP contribution < -0.4 is 11.5 Å². The Kier molecular flexibility index (Phi) is 2.42. The van der Waals surface area contributed by atoms with E-state index in [-0.39, 0.29) is 12.1 Å². The molecule has 0 heterocycles. The van der Waals surface area contributed by atoms with E-state index in [0.717, 1.165) is 5.56 Å². The highest BCUT2D eigenvalue weighted by molar-refractivity contribution is 5.71. The Hall–Kier alpha value is -1.84. The zero-order valence-corrected chi connectivity index (χ0v) is 8.58. The van der Waals surface area contributed by atoms with Crippen LogP contribution in [0.25, 0.3) is 5.57 Å². The molecule has 4 N–H and O–H groups in total. The van der Waals surface area contributed by atoms with Crippen LogP contribution in [0.15, 0.2) is 42.1 Å². The molecular formula is C12H12F2N2. The first kappa shape index (κ1) is 10.7. The molecule has 4 heteroatoms. The summed E-state index contributed by atoms with van der Waals surface area (Å²) < 4.78 is 26.7. The van der Waals surface area contributed by atoms with Gasteiger partial charge in [0.1, 0.15) is 0 Å². The average molecular weight is 222 g/mol. The van der Waals surface area contributed by atoms with Gasteiger partial charge < -0.3 is 11.5 Å². The number of alkyl halides is 2. The van der Waals surface area contributed by atoms with E-state index in [1.54, 1.807) is 30.3 Å². The van der Waals surface area contributed by atoms with Gasteiger partial charge in [-0.3, -0.25) is 0 Å². The van der Waals surface area contributed by atoms with Gasteiger partial charge in [-0.05, 0) is 29.3 Å². The van der Waals surface area contributed by atoms with Gasteiger partial charge in [0.2, 0.25) is 0 Å². The Morgan fingerprint density at radius 2 is 1.62 bits per heavy atom. The fourth-order valence-electron chi connectivity index (χ4n) is 1.61. The van der Waals surface area contributed by atoms with Crippen LogP contribution in [0.3, 0.4) is 0 Å². The third kappa shape index (κ3) is 1.91. The highest BCUT2D eigenvalue weighted by atomic mass is 19.3. The van der Waals surface area contributed by atoms with Gasteiger partial charge in [-0.2, -0.15) is 8.78 Å². The number of hydrogen-bond acceptors (Lipinski definition) is 2. The lowest BCUT2D eigenvalue weighted by atomic mass is 9.93. The van der Waals surface area contributed by atoms with Crippen molar-refractivity contribution in [2.24, 2.45) is 5.73 Å². The van der Waals surface area contributed by atoms with Crippen LogP contribution >= 0.6 is 0 Å². The van der Waals surface area contributed by atoms with Crippen molar-refractivity contribution in [2.45, 2.75) is 12.3 Å². The van der Waals surface area contributed by atoms with Gasteiger partial charge in [-0.25, -0.2) is 0 Å². The van der Waals surface area contributed by atoms with Crippen molar-refractivity contribution in [1.29, 1.82) is 0 Å². The smallest absolute Gasteiger partial charge is 0.291 e. The maximum absolute atomic E-state index is 13.4. The number of rotatable bonds is 1. The minimum atomic E-state index is -2.95. The number of nitrogen functional groups attached to an aromatic ring is 1. The lowest BCUT2D eigenvalue weighted by molar-refractivity contribution is 0.0448. The predicted molar refractivity (Wildman–Crippen MR) is 60.7 cm³/mol. The third-order valence-electron chi connectivity index (χ3n) is 2.58. The normalized spacial score (nSPS) is 18.9. The van der Waals surface area contributed by atoms with Gasteiger partial charge in [0, 0.05) is 12.1 Å². The summed E-state index contributed by atoms with van der Waals surface area (Å²) in [7, 11) is 0. The first-order valence-electron chi connectivity index (χ1n) is 4.89. The summed E-state index contributed by atoms with van der Waals surface area (Å²) >= 11 is 0. The van der Waals surface area contributed by atoms with E-state index in [1.165, 1.54) is 6.08 Å². The van der Waals surface area contributed by atoms with Crippen molar-refractivity contribution in [2.75, 3.05) is 5.73 Å². The molecule has 0 unspecified atom stereocenters. The van der Waals surface area contributed by atoms with Gasteiger partial charge in [0.05, 0.1) is 5.70 Å². The van der Waals surface area contributed by atoms with E-state index >= 15 is 0 Å². The zero-order valence-electron chi connectivity index (χ0n) is 8.58. The lowest BCUT2D eigenvalue weighted by Crippen LogP contribution is -2.27. The van der Waals surface area contributed by atoms with Crippen molar-refractivity contribution >= 4 is 11.3 Å². The van der Waals surface area contributed by atoms with Crippen molar-refractivity contribution in [3.05, 3.63) is 47.7 Å². The summed E-state index contributed by atoms with van der Waals surface area (Å²) in [5.74, 6) is -2.95. The number of allylic oxidation sites excluding steroid dienone is 4. The predicted octanol–water partition coefficient (Wildman–Crippen LogP) is 2.53. The Morgan fingerprint density at radius 1 is 1.00 bits per heavy atom. The van der Waals surface area contributed by atoms with Crippen molar-refractivity contribution in [3.8, 4) is 0 Å². The molecular weight excluding hydrogens is 210 g/mol. The van der Waals surface area contributed by atoms with Crippen LogP contribution in [0.1, 0.15) is 12.0 Å². The maximum Gasteiger partial charge on any atom is 0.291 e. The van der Waals surface area contributed by atoms with Crippen molar-refractivity contribution in [3.63, 3.8) is 0 Å².